The molecule has 0 bridgehead atoms. The minimum atomic E-state index is -0.578. The van der Waals surface area contributed by atoms with E-state index in [2.05, 4.69) is 36.3 Å². The second kappa shape index (κ2) is 12.3. The maximum atomic E-state index is 11.6. The zero-order chi connectivity index (χ0) is 31.3. The van der Waals surface area contributed by atoms with Gasteiger partial charge in [-0.15, -0.1) is 0 Å². The Labute approximate surface area is 252 Å². The van der Waals surface area contributed by atoms with E-state index in [1.54, 1.807) is 12.1 Å². The fourth-order valence-corrected chi connectivity index (χ4v) is 4.27. The summed E-state index contributed by atoms with van der Waals surface area (Å²) in [6.45, 7) is -0.173. The van der Waals surface area contributed by atoms with Crippen molar-refractivity contribution < 1.29 is 33.5 Å². The standard InChI is InChI=1S/C27H21N9O9/c1-41-20-5-3-2-4-17(20)30-24-10-25(33-29-12-16-8-21-22(43-13-42-21)9-18(16)35(37)38)32-27(31-24)34-28-11-15-6-19(36(39)40)26-23(7-15)44-14-45-26/h2-12H,13-14H2,1H3,(H3,30,31,32,33,34). The highest BCUT2D eigenvalue weighted by Gasteiger charge is 2.26. The molecule has 0 amide bonds. The third kappa shape index (κ3) is 6.23. The highest BCUT2D eigenvalue weighted by molar-refractivity contribution is 5.87. The highest BCUT2D eigenvalue weighted by Crippen LogP contribution is 2.41. The van der Waals surface area contributed by atoms with E-state index in [0.717, 1.165) is 0 Å². The van der Waals surface area contributed by atoms with E-state index in [-0.39, 0.29) is 59.5 Å². The monoisotopic (exact) mass is 615 g/mol. The second-order valence-electron chi connectivity index (χ2n) is 9.08. The maximum Gasteiger partial charge on any atom is 0.315 e. The third-order valence-electron chi connectivity index (χ3n) is 6.25. The lowest BCUT2D eigenvalue weighted by atomic mass is 10.1. The largest absolute Gasteiger partial charge is 0.495 e. The third-order valence-corrected chi connectivity index (χ3v) is 6.25. The van der Waals surface area contributed by atoms with Crippen LogP contribution in [0.3, 0.4) is 0 Å². The predicted octanol–water partition coefficient (Wildman–Crippen LogP) is 4.39. The van der Waals surface area contributed by atoms with Crippen molar-refractivity contribution in [3.8, 4) is 28.7 Å². The number of rotatable bonds is 11. The Morgan fingerprint density at radius 3 is 2.33 bits per heavy atom. The van der Waals surface area contributed by atoms with E-state index in [1.807, 2.05) is 12.1 Å². The predicted molar refractivity (Wildman–Crippen MR) is 159 cm³/mol. The molecule has 6 rings (SSSR count). The normalized spacial score (nSPS) is 12.8. The van der Waals surface area contributed by atoms with Gasteiger partial charge in [-0.3, -0.25) is 25.7 Å². The Kier molecular flexibility index (Phi) is 7.73. The van der Waals surface area contributed by atoms with E-state index in [4.69, 9.17) is 23.7 Å². The summed E-state index contributed by atoms with van der Waals surface area (Å²) in [5.74, 6) is 1.92. The number of methoxy groups -OCH3 is 1. The van der Waals surface area contributed by atoms with Gasteiger partial charge < -0.3 is 29.0 Å². The number of hydrogen-bond acceptors (Lipinski definition) is 16. The van der Waals surface area contributed by atoms with Crippen molar-refractivity contribution >= 4 is 47.1 Å². The number of nitrogens with zero attached hydrogens (tertiary/aromatic N) is 6. The van der Waals surface area contributed by atoms with Crippen LogP contribution in [-0.2, 0) is 0 Å². The summed E-state index contributed by atoms with van der Waals surface area (Å²) < 4.78 is 26.4. The number of anilines is 4. The average Bonchev–Trinajstić information content (AvgIpc) is 3.69. The fraction of sp³-hybridized carbons (Fsp3) is 0.111. The minimum absolute atomic E-state index is 0.00755. The molecule has 1 aromatic heterocycles. The molecule has 0 fully saturated rings. The Morgan fingerprint density at radius 1 is 0.822 bits per heavy atom. The van der Waals surface area contributed by atoms with Gasteiger partial charge in [0, 0.05) is 17.7 Å². The van der Waals surface area contributed by atoms with Gasteiger partial charge in [-0.05, 0) is 24.3 Å². The van der Waals surface area contributed by atoms with Crippen molar-refractivity contribution in [1.29, 1.82) is 0 Å². The number of ether oxygens (including phenoxy) is 5. The molecule has 228 valence electrons. The zero-order valence-corrected chi connectivity index (χ0v) is 23.1. The molecule has 0 unspecified atom stereocenters. The van der Waals surface area contributed by atoms with Gasteiger partial charge in [-0.2, -0.15) is 20.2 Å². The number of fused-ring (bicyclic) bond motifs is 2. The van der Waals surface area contributed by atoms with Crippen LogP contribution >= 0.6 is 0 Å². The molecular weight excluding hydrogens is 594 g/mol. The van der Waals surface area contributed by atoms with Gasteiger partial charge in [0.05, 0.1) is 46.7 Å². The highest BCUT2D eigenvalue weighted by atomic mass is 16.7. The number of benzene rings is 3. The van der Waals surface area contributed by atoms with Crippen LogP contribution in [0, 0.1) is 20.2 Å². The van der Waals surface area contributed by atoms with Crippen LogP contribution in [-0.4, -0.2) is 52.9 Å². The fourth-order valence-electron chi connectivity index (χ4n) is 4.27. The van der Waals surface area contributed by atoms with Crippen LogP contribution < -0.4 is 39.9 Å². The van der Waals surface area contributed by atoms with Crippen LogP contribution in [0.5, 0.6) is 28.7 Å². The average molecular weight is 616 g/mol. The van der Waals surface area contributed by atoms with E-state index >= 15 is 0 Å². The van der Waals surface area contributed by atoms with Gasteiger partial charge in [0.2, 0.25) is 25.3 Å². The van der Waals surface area contributed by atoms with E-state index in [0.29, 0.717) is 28.6 Å². The molecule has 0 saturated carbocycles. The number of nitro benzene ring substituents is 2. The summed E-state index contributed by atoms with van der Waals surface area (Å²) in [5, 5.41) is 34.4. The number of para-hydroxylation sites is 2. The Morgan fingerprint density at radius 2 is 1.53 bits per heavy atom. The summed E-state index contributed by atoms with van der Waals surface area (Å²) in [7, 11) is 1.53. The molecule has 18 nitrogen and oxygen atoms in total. The molecule has 0 aliphatic carbocycles. The first kappa shape index (κ1) is 28.4. The van der Waals surface area contributed by atoms with Crippen molar-refractivity contribution in [2.45, 2.75) is 0 Å². The lowest BCUT2D eigenvalue weighted by Crippen LogP contribution is -2.05. The summed E-state index contributed by atoms with van der Waals surface area (Å²) in [6, 6.07) is 14.2. The smallest absolute Gasteiger partial charge is 0.315 e. The molecule has 18 heteroatoms. The number of nitrogens with one attached hydrogen (secondary N) is 3. The molecule has 3 aromatic carbocycles. The number of hydrazone groups is 2. The molecule has 4 aromatic rings. The molecule has 0 saturated heterocycles. The van der Waals surface area contributed by atoms with Crippen molar-refractivity contribution in [3.05, 3.63) is 86.0 Å². The van der Waals surface area contributed by atoms with Crippen molar-refractivity contribution in [1.82, 2.24) is 9.97 Å². The van der Waals surface area contributed by atoms with Gasteiger partial charge in [-0.1, -0.05) is 12.1 Å². The first-order valence-electron chi connectivity index (χ1n) is 12.9. The van der Waals surface area contributed by atoms with Gasteiger partial charge in [0.1, 0.15) is 11.6 Å². The first-order valence-corrected chi connectivity index (χ1v) is 12.9. The van der Waals surface area contributed by atoms with E-state index in [9.17, 15) is 20.2 Å². The van der Waals surface area contributed by atoms with Gasteiger partial charge >= 0.3 is 5.69 Å². The number of aromatic nitrogens is 2. The van der Waals surface area contributed by atoms with Crippen LogP contribution in [0.15, 0.2) is 64.8 Å². The summed E-state index contributed by atoms with van der Waals surface area (Å²) in [6.07, 6.45) is 2.57. The van der Waals surface area contributed by atoms with Gasteiger partial charge in [-0.25, -0.2) is 5.43 Å². The molecule has 0 radical (unpaired) electrons. The van der Waals surface area contributed by atoms with Crippen LogP contribution in [0.2, 0.25) is 0 Å². The topological polar surface area (TPSA) is 219 Å². The molecule has 2 aliphatic rings. The Balaban J connectivity index is 1.27. The van der Waals surface area contributed by atoms with Crippen LogP contribution in [0.1, 0.15) is 11.1 Å². The molecule has 45 heavy (non-hydrogen) atoms. The molecule has 0 atom stereocenters. The Hall–Kier alpha value is -6.72. The van der Waals surface area contributed by atoms with Crippen LogP contribution in [0.25, 0.3) is 0 Å². The number of nitro groups is 2. The van der Waals surface area contributed by atoms with Crippen molar-refractivity contribution in [2.75, 3.05) is 36.9 Å². The van der Waals surface area contributed by atoms with E-state index in [1.165, 1.54) is 49.9 Å². The summed E-state index contributed by atoms with van der Waals surface area (Å²) >= 11 is 0. The quantitative estimate of drug-likeness (QED) is 0.121. The molecule has 0 spiro atoms. The van der Waals surface area contributed by atoms with Crippen LogP contribution in [0.4, 0.5) is 34.6 Å². The SMILES string of the molecule is COc1ccccc1Nc1cc(NN=Cc2cc3c(cc2[N+](=O)[O-])OCO3)nc(NN=Cc2cc3c(c([N+](=O)[O-])c2)OCO3)n1. The summed E-state index contributed by atoms with van der Waals surface area (Å²) in [5.41, 5.74) is 6.05. The molecular formula is C27H21N9O9. The Bertz CT molecular complexity index is 1870. The maximum absolute atomic E-state index is 11.6. The second-order valence-corrected chi connectivity index (χ2v) is 9.08. The summed E-state index contributed by atoms with van der Waals surface area (Å²) in [4.78, 5) is 30.7. The first-order chi connectivity index (χ1) is 21.9. The van der Waals surface area contributed by atoms with Crippen molar-refractivity contribution in [2.24, 2.45) is 10.2 Å². The molecule has 3 N–H and O–H groups in total. The molecule has 2 aliphatic heterocycles. The van der Waals surface area contributed by atoms with Gasteiger partial charge in [0.25, 0.3) is 5.69 Å². The lowest BCUT2D eigenvalue weighted by molar-refractivity contribution is -0.385. The molecule has 3 heterocycles. The zero-order valence-electron chi connectivity index (χ0n) is 23.1. The van der Waals surface area contributed by atoms with Crippen molar-refractivity contribution in [3.63, 3.8) is 0 Å². The number of hydrogen-bond donors (Lipinski definition) is 3. The van der Waals surface area contributed by atoms with E-state index < -0.39 is 9.85 Å². The minimum Gasteiger partial charge on any atom is -0.495 e. The lowest BCUT2D eigenvalue weighted by Gasteiger charge is -2.12. The van der Waals surface area contributed by atoms with Gasteiger partial charge in [0.15, 0.2) is 23.1 Å².